The normalized spacial score (nSPS) is 39.3. The maximum Gasteiger partial charge on any atom is 0.227 e. The number of hydrogen-bond acceptors (Lipinski definition) is 3. The standard InChI is InChI=1S/C12H22N2O2/c1-8-3-4-14(11(8)7-15)12(16)10-6-13-5-9(10)2/h8-11,13,15H,3-7H2,1-2H3/t8?,9-,10-,11?/m1/s1. The Morgan fingerprint density at radius 1 is 1.38 bits per heavy atom. The molecule has 2 saturated heterocycles. The van der Waals surface area contributed by atoms with E-state index in [4.69, 9.17) is 0 Å². The van der Waals surface area contributed by atoms with Gasteiger partial charge < -0.3 is 15.3 Å². The van der Waals surface area contributed by atoms with Crippen LogP contribution in [0.2, 0.25) is 0 Å². The number of rotatable bonds is 2. The zero-order valence-electron chi connectivity index (χ0n) is 10.1. The van der Waals surface area contributed by atoms with Crippen molar-refractivity contribution in [1.29, 1.82) is 0 Å². The van der Waals surface area contributed by atoms with Crippen molar-refractivity contribution in [3.05, 3.63) is 0 Å². The second kappa shape index (κ2) is 4.72. The summed E-state index contributed by atoms with van der Waals surface area (Å²) in [6.45, 7) is 6.88. The molecule has 0 aromatic rings. The highest BCUT2D eigenvalue weighted by Crippen LogP contribution is 2.28. The van der Waals surface area contributed by atoms with Gasteiger partial charge in [0.25, 0.3) is 0 Å². The van der Waals surface area contributed by atoms with Gasteiger partial charge in [0.2, 0.25) is 5.91 Å². The molecular formula is C12H22N2O2. The van der Waals surface area contributed by atoms with E-state index in [9.17, 15) is 9.90 Å². The molecule has 2 heterocycles. The monoisotopic (exact) mass is 226 g/mol. The average Bonchev–Trinajstić information content (AvgIpc) is 2.83. The van der Waals surface area contributed by atoms with E-state index in [1.807, 2.05) is 4.90 Å². The van der Waals surface area contributed by atoms with E-state index in [1.54, 1.807) is 0 Å². The first-order valence-corrected chi connectivity index (χ1v) is 6.27. The van der Waals surface area contributed by atoms with Crippen molar-refractivity contribution in [3.63, 3.8) is 0 Å². The lowest BCUT2D eigenvalue weighted by molar-refractivity contribution is -0.137. The zero-order valence-corrected chi connectivity index (χ0v) is 10.1. The van der Waals surface area contributed by atoms with Crippen LogP contribution in [-0.4, -0.2) is 48.2 Å². The third-order valence-electron chi connectivity index (χ3n) is 4.19. The summed E-state index contributed by atoms with van der Waals surface area (Å²) in [5.41, 5.74) is 0. The third-order valence-corrected chi connectivity index (χ3v) is 4.19. The number of nitrogens with one attached hydrogen (secondary N) is 1. The summed E-state index contributed by atoms with van der Waals surface area (Å²) in [7, 11) is 0. The van der Waals surface area contributed by atoms with Gasteiger partial charge in [0.05, 0.1) is 18.6 Å². The Morgan fingerprint density at radius 2 is 2.12 bits per heavy atom. The van der Waals surface area contributed by atoms with Gasteiger partial charge in [-0.3, -0.25) is 4.79 Å². The Hall–Kier alpha value is -0.610. The van der Waals surface area contributed by atoms with Crippen LogP contribution in [0.4, 0.5) is 0 Å². The fourth-order valence-electron chi connectivity index (χ4n) is 2.91. The van der Waals surface area contributed by atoms with Crippen LogP contribution >= 0.6 is 0 Å². The molecule has 0 aromatic heterocycles. The molecular weight excluding hydrogens is 204 g/mol. The van der Waals surface area contributed by atoms with E-state index in [-0.39, 0.29) is 24.5 Å². The number of likely N-dealkylation sites (tertiary alicyclic amines) is 1. The largest absolute Gasteiger partial charge is 0.394 e. The molecule has 2 fully saturated rings. The molecule has 4 heteroatoms. The van der Waals surface area contributed by atoms with Crippen molar-refractivity contribution < 1.29 is 9.90 Å². The number of aliphatic hydroxyl groups is 1. The Labute approximate surface area is 97.0 Å². The van der Waals surface area contributed by atoms with E-state index in [2.05, 4.69) is 19.2 Å². The smallest absolute Gasteiger partial charge is 0.227 e. The third kappa shape index (κ3) is 1.96. The van der Waals surface area contributed by atoms with Crippen molar-refractivity contribution >= 4 is 5.91 Å². The SMILES string of the molecule is CC1CCN(C(=O)[C@@H]2CNC[C@H]2C)C1CO. The Bertz CT molecular complexity index is 270. The van der Waals surface area contributed by atoms with E-state index >= 15 is 0 Å². The first kappa shape index (κ1) is 11.9. The van der Waals surface area contributed by atoms with Crippen molar-refractivity contribution in [2.45, 2.75) is 26.3 Å². The van der Waals surface area contributed by atoms with Crippen molar-refractivity contribution in [2.75, 3.05) is 26.2 Å². The predicted octanol–water partition coefficient (Wildman–Crippen LogP) is 0.0712. The van der Waals surface area contributed by atoms with Gasteiger partial charge >= 0.3 is 0 Å². The zero-order chi connectivity index (χ0) is 11.7. The molecule has 2 aliphatic rings. The van der Waals surface area contributed by atoms with Crippen LogP contribution in [0.5, 0.6) is 0 Å². The van der Waals surface area contributed by atoms with Crippen LogP contribution in [0.1, 0.15) is 20.3 Å². The first-order chi connectivity index (χ1) is 7.65. The summed E-state index contributed by atoms with van der Waals surface area (Å²) in [6, 6.07) is 0.0419. The fraction of sp³-hybridized carbons (Fsp3) is 0.917. The topological polar surface area (TPSA) is 52.6 Å². The van der Waals surface area contributed by atoms with Gasteiger partial charge in [-0.1, -0.05) is 13.8 Å². The molecule has 4 nitrogen and oxygen atoms in total. The molecule has 2 rings (SSSR count). The minimum Gasteiger partial charge on any atom is -0.394 e. The van der Waals surface area contributed by atoms with Crippen LogP contribution in [-0.2, 0) is 4.79 Å². The van der Waals surface area contributed by atoms with Crippen LogP contribution in [0.15, 0.2) is 0 Å². The fourth-order valence-corrected chi connectivity index (χ4v) is 2.91. The average molecular weight is 226 g/mol. The van der Waals surface area contributed by atoms with Gasteiger partial charge in [0.1, 0.15) is 0 Å². The minimum atomic E-state index is 0.0419. The lowest BCUT2D eigenvalue weighted by atomic mass is 9.96. The molecule has 4 atom stereocenters. The molecule has 1 amide bonds. The molecule has 0 saturated carbocycles. The second-order valence-corrected chi connectivity index (χ2v) is 5.29. The number of hydrogen-bond donors (Lipinski definition) is 2. The summed E-state index contributed by atoms with van der Waals surface area (Å²) in [4.78, 5) is 14.2. The molecule has 2 unspecified atom stereocenters. The van der Waals surface area contributed by atoms with Gasteiger partial charge in [-0.2, -0.15) is 0 Å². The molecule has 92 valence electrons. The lowest BCUT2D eigenvalue weighted by Crippen LogP contribution is -2.44. The predicted molar refractivity (Wildman–Crippen MR) is 61.9 cm³/mol. The van der Waals surface area contributed by atoms with Crippen molar-refractivity contribution in [1.82, 2.24) is 10.2 Å². The van der Waals surface area contributed by atoms with Gasteiger partial charge in [0, 0.05) is 13.1 Å². The van der Waals surface area contributed by atoms with Crippen molar-refractivity contribution in [2.24, 2.45) is 17.8 Å². The maximum absolute atomic E-state index is 12.3. The molecule has 2 aliphatic heterocycles. The van der Waals surface area contributed by atoms with Crippen LogP contribution in [0.3, 0.4) is 0 Å². The number of carbonyl (C=O) groups excluding carboxylic acids is 1. The van der Waals surface area contributed by atoms with Crippen LogP contribution < -0.4 is 5.32 Å². The van der Waals surface area contributed by atoms with Gasteiger partial charge in [-0.15, -0.1) is 0 Å². The summed E-state index contributed by atoms with van der Waals surface area (Å²) in [6.07, 6.45) is 1.02. The molecule has 0 bridgehead atoms. The highest BCUT2D eigenvalue weighted by atomic mass is 16.3. The summed E-state index contributed by atoms with van der Waals surface area (Å²) in [5.74, 6) is 1.20. The molecule has 16 heavy (non-hydrogen) atoms. The maximum atomic E-state index is 12.3. The Morgan fingerprint density at radius 3 is 2.69 bits per heavy atom. The number of amides is 1. The van der Waals surface area contributed by atoms with E-state index < -0.39 is 0 Å². The molecule has 0 aliphatic carbocycles. The number of aliphatic hydroxyl groups excluding tert-OH is 1. The summed E-state index contributed by atoms with van der Waals surface area (Å²) in [5, 5.41) is 12.6. The summed E-state index contributed by atoms with van der Waals surface area (Å²) < 4.78 is 0. The van der Waals surface area contributed by atoms with Gasteiger partial charge in [-0.25, -0.2) is 0 Å². The van der Waals surface area contributed by atoms with Gasteiger partial charge in [-0.05, 0) is 24.8 Å². The quantitative estimate of drug-likeness (QED) is 0.700. The van der Waals surface area contributed by atoms with E-state index in [0.29, 0.717) is 11.8 Å². The minimum absolute atomic E-state index is 0.0419. The van der Waals surface area contributed by atoms with Gasteiger partial charge in [0.15, 0.2) is 0 Å². The lowest BCUT2D eigenvalue weighted by Gasteiger charge is -2.28. The second-order valence-electron chi connectivity index (χ2n) is 5.29. The number of nitrogens with zero attached hydrogens (tertiary/aromatic N) is 1. The first-order valence-electron chi connectivity index (χ1n) is 6.27. The van der Waals surface area contributed by atoms with E-state index in [0.717, 1.165) is 26.1 Å². The number of carbonyl (C=O) groups is 1. The summed E-state index contributed by atoms with van der Waals surface area (Å²) >= 11 is 0. The van der Waals surface area contributed by atoms with Crippen molar-refractivity contribution in [3.8, 4) is 0 Å². The highest BCUT2D eigenvalue weighted by molar-refractivity contribution is 5.80. The van der Waals surface area contributed by atoms with Crippen LogP contribution in [0.25, 0.3) is 0 Å². The molecule has 2 N–H and O–H groups in total. The Kier molecular flexibility index (Phi) is 3.50. The van der Waals surface area contributed by atoms with E-state index in [1.165, 1.54) is 0 Å². The van der Waals surface area contributed by atoms with Crippen LogP contribution in [0, 0.1) is 17.8 Å². The Balaban J connectivity index is 2.04. The highest BCUT2D eigenvalue weighted by Gasteiger charge is 2.39. The molecule has 0 aromatic carbocycles. The molecule has 0 radical (unpaired) electrons. The molecule has 0 spiro atoms.